The minimum Gasteiger partial charge on any atom is -0.479 e. The topological polar surface area (TPSA) is 50.1 Å². The molecule has 1 aromatic carbocycles. The second-order valence-electron chi connectivity index (χ2n) is 3.99. The highest BCUT2D eigenvalue weighted by atomic mass is 16.5. The van der Waals surface area contributed by atoms with E-state index in [0.29, 0.717) is 23.7 Å². The van der Waals surface area contributed by atoms with Gasteiger partial charge in [0, 0.05) is 12.0 Å². The Bertz CT molecular complexity index is 387. The van der Waals surface area contributed by atoms with E-state index in [0.717, 1.165) is 0 Å². The normalized spacial score (nSPS) is 9.88. The van der Waals surface area contributed by atoms with Gasteiger partial charge in [-0.15, -0.1) is 0 Å². The molecule has 0 aliphatic carbocycles. The first kappa shape index (κ1) is 12.3. The van der Waals surface area contributed by atoms with Crippen molar-refractivity contribution in [1.29, 1.82) is 5.26 Å². The lowest BCUT2D eigenvalue weighted by atomic mass is 10.0. The van der Waals surface area contributed by atoms with E-state index in [1.165, 1.54) is 0 Å². The van der Waals surface area contributed by atoms with Gasteiger partial charge >= 0.3 is 0 Å². The highest BCUT2D eigenvalue weighted by Crippen LogP contribution is 2.15. The number of benzene rings is 1. The van der Waals surface area contributed by atoms with Crippen molar-refractivity contribution in [3.8, 4) is 11.8 Å². The first-order valence-electron chi connectivity index (χ1n) is 5.26. The number of ether oxygens (including phenoxy) is 1. The molecule has 0 amide bonds. The zero-order chi connectivity index (χ0) is 12.0. The van der Waals surface area contributed by atoms with Crippen LogP contribution >= 0.6 is 0 Å². The van der Waals surface area contributed by atoms with Crippen LogP contribution in [0, 0.1) is 17.2 Å². The first-order chi connectivity index (χ1) is 7.63. The van der Waals surface area contributed by atoms with Gasteiger partial charge in [0.05, 0.1) is 0 Å². The monoisotopic (exact) mass is 217 g/mol. The lowest BCUT2D eigenvalue weighted by Gasteiger charge is -2.05. The highest BCUT2D eigenvalue weighted by Gasteiger charge is 2.07. The molecule has 0 N–H and O–H groups in total. The Hall–Kier alpha value is -1.82. The third kappa shape index (κ3) is 3.74. The molecule has 84 valence electrons. The number of nitriles is 1. The molecule has 0 bridgehead atoms. The Kier molecular flexibility index (Phi) is 4.53. The van der Waals surface area contributed by atoms with Crippen molar-refractivity contribution in [2.45, 2.75) is 20.3 Å². The predicted molar refractivity (Wildman–Crippen MR) is 61.3 cm³/mol. The van der Waals surface area contributed by atoms with E-state index < -0.39 is 0 Å². The molecule has 0 aliphatic rings. The van der Waals surface area contributed by atoms with E-state index in [1.54, 1.807) is 24.3 Å². The summed E-state index contributed by atoms with van der Waals surface area (Å²) in [5.74, 6) is 1.12. The van der Waals surface area contributed by atoms with Gasteiger partial charge in [0.2, 0.25) is 0 Å². The molecule has 3 heteroatoms. The molecule has 1 aromatic rings. The summed E-state index contributed by atoms with van der Waals surface area (Å²) in [6.07, 6.45) is 0.554. The molecule has 3 nitrogen and oxygen atoms in total. The van der Waals surface area contributed by atoms with Crippen LogP contribution < -0.4 is 4.74 Å². The van der Waals surface area contributed by atoms with Crippen LogP contribution in [0.25, 0.3) is 0 Å². The average Bonchev–Trinajstić information content (AvgIpc) is 2.26. The van der Waals surface area contributed by atoms with Crippen molar-refractivity contribution < 1.29 is 9.53 Å². The number of carbonyl (C=O) groups excluding carboxylic acids is 1. The van der Waals surface area contributed by atoms with Gasteiger partial charge in [-0.05, 0) is 30.2 Å². The van der Waals surface area contributed by atoms with Gasteiger partial charge in [0.1, 0.15) is 11.8 Å². The smallest absolute Gasteiger partial charge is 0.174 e. The summed E-state index contributed by atoms with van der Waals surface area (Å²) in [6.45, 7) is 4.06. The van der Waals surface area contributed by atoms with Crippen LogP contribution in [0.3, 0.4) is 0 Å². The van der Waals surface area contributed by atoms with Gasteiger partial charge in [0.25, 0.3) is 0 Å². The van der Waals surface area contributed by atoms with Gasteiger partial charge in [-0.25, -0.2) is 0 Å². The summed E-state index contributed by atoms with van der Waals surface area (Å²) >= 11 is 0. The number of hydrogen-bond acceptors (Lipinski definition) is 3. The van der Waals surface area contributed by atoms with Crippen molar-refractivity contribution in [3.63, 3.8) is 0 Å². The molecular formula is C13H15NO2. The van der Waals surface area contributed by atoms with Gasteiger partial charge < -0.3 is 4.74 Å². The Morgan fingerprint density at radius 2 is 2.00 bits per heavy atom. The predicted octanol–water partition coefficient (Wildman–Crippen LogP) is 2.82. The molecule has 0 saturated heterocycles. The summed E-state index contributed by atoms with van der Waals surface area (Å²) in [4.78, 5) is 11.7. The largest absolute Gasteiger partial charge is 0.479 e. The molecule has 0 fully saturated rings. The number of ketones is 1. The van der Waals surface area contributed by atoms with E-state index in [-0.39, 0.29) is 12.4 Å². The van der Waals surface area contributed by atoms with E-state index in [2.05, 4.69) is 0 Å². The molecule has 0 saturated carbocycles. The van der Waals surface area contributed by atoms with Crippen molar-refractivity contribution in [2.24, 2.45) is 5.92 Å². The fourth-order valence-electron chi connectivity index (χ4n) is 1.34. The van der Waals surface area contributed by atoms with Crippen LogP contribution in [0.1, 0.15) is 30.6 Å². The maximum absolute atomic E-state index is 11.7. The van der Waals surface area contributed by atoms with Crippen LogP contribution in [-0.2, 0) is 0 Å². The van der Waals surface area contributed by atoms with Crippen molar-refractivity contribution in [2.75, 3.05) is 6.61 Å². The lowest BCUT2D eigenvalue weighted by Crippen LogP contribution is -2.03. The number of hydrogen-bond donors (Lipinski definition) is 0. The molecule has 0 aromatic heterocycles. The summed E-state index contributed by atoms with van der Waals surface area (Å²) in [5.41, 5.74) is 0.693. The van der Waals surface area contributed by atoms with Crippen molar-refractivity contribution in [1.82, 2.24) is 0 Å². The molecule has 0 spiro atoms. The van der Waals surface area contributed by atoms with Gasteiger partial charge in [-0.2, -0.15) is 5.26 Å². The number of Topliss-reactive ketones (excluding diaryl/α,β-unsaturated/α-hetero) is 1. The third-order valence-electron chi connectivity index (χ3n) is 2.07. The average molecular weight is 217 g/mol. The lowest BCUT2D eigenvalue weighted by molar-refractivity contribution is 0.0968. The molecule has 0 unspecified atom stereocenters. The zero-order valence-corrected chi connectivity index (χ0v) is 9.56. The molecule has 1 rings (SSSR count). The van der Waals surface area contributed by atoms with Crippen molar-refractivity contribution >= 4 is 5.78 Å². The summed E-state index contributed by atoms with van der Waals surface area (Å²) in [7, 11) is 0. The molecule has 0 radical (unpaired) electrons. The first-order valence-corrected chi connectivity index (χ1v) is 5.26. The van der Waals surface area contributed by atoms with E-state index in [9.17, 15) is 4.79 Å². The van der Waals surface area contributed by atoms with E-state index >= 15 is 0 Å². The fourth-order valence-corrected chi connectivity index (χ4v) is 1.34. The highest BCUT2D eigenvalue weighted by molar-refractivity contribution is 5.96. The minimum absolute atomic E-state index is 0.0271. The maximum Gasteiger partial charge on any atom is 0.174 e. The van der Waals surface area contributed by atoms with Crippen LogP contribution in [-0.4, -0.2) is 12.4 Å². The Labute approximate surface area is 95.7 Å². The Morgan fingerprint density at radius 3 is 2.50 bits per heavy atom. The SMILES string of the molecule is CC(C)CC(=O)c1ccc(OCC#N)cc1. The van der Waals surface area contributed by atoms with Crippen molar-refractivity contribution in [3.05, 3.63) is 29.8 Å². The Balaban J connectivity index is 2.64. The van der Waals surface area contributed by atoms with Crippen LogP contribution in [0.5, 0.6) is 5.75 Å². The van der Waals surface area contributed by atoms with Gasteiger partial charge in [0.15, 0.2) is 12.4 Å². The van der Waals surface area contributed by atoms with Crippen LogP contribution in [0.2, 0.25) is 0 Å². The standard InChI is InChI=1S/C13H15NO2/c1-10(2)9-13(15)11-3-5-12(6-4-11)16-8-7-14/h3-6,10H,8-9H2,1-2H3. The van der Waals surface area contributed by atoms with E-state index in [4.69, 9.17) is 10.00 Å². The van der Waals surface area contributed by atoms with Crippen LogP contribution in [0.15, 0.2) is 24.3 Å². The molecule has 0 atom stereocenters. The maximum atomic E-state index is 11.7. The summed E-state index contributed by atoms with van der Waals surface area (Å²) in [5, 5.41) is 8.34. The van der Waals surface area contributed by atoms with Crippen LogP contribution in [0.4, 0.5) is 0 Å². The minimum atomic E-state index is 0.0271. The third-order valence-corrected chi connectivity index (χ3v) is 2.07. The molecule has 0 heterocycles. The second kappa shape index (κ2) is 5.92. The molecular weight excluding hydrogens is 202 g/mol. The Morgan fingerprint density at radius 1 is 1.38 bits per heavy atom. The fraction of sp³-hybridized carbons (Fsp3) is 0.385. The summed E-state index contributed by atoms with van der Waals surface area (Å²) < 4.78 is 5.10. The number of carbonyl (C=O) groups is 1. The number of nitrogens with zero attached hydrogens (tertiary/aromatic N) is 1. The molecule has 0 aliphatic heterocycles. The van der Waals surface area contributed by atoms with Gasteiger partial charge in [-0.3, -0.25) is 4.79 Å². The second-order valence-corrected chi connectivity index (χ2v) is 3.99. The summed E-state index contributed by atoms with van der Waals surface area (Å²) in [6, 6.07) is 8.78. The van der Waals surface area contributed by atoms with E-state index in [1.807, 2.05) is 19.9 Å². The number of rotatable bonds is 5. The zero-order valence-electron chi connectivity index (χ0n) is 9.56. The molecule has 16 heavy (non-hydrogen) atoms. The van der Waals surface area contributed by atoms with Gasteiger partial charge in [-0.1, -0.05) is 13.8 Å². The quantitative estimate of drug-likeness (QED) is 0.712.